The first-order chi connectivity index (χ1) is 12.8. The maximum Gasteiger partial charge on any atom is 0.259 e. The Morgan fingerprint density at radius 1 is 1.26 bits per heavy atom. The largest absolute Gasteiger partial charge is 0.389 e. The molecule has 0 bridgehead atoms. The molecule has 2 N–H and O–H groups in total. The van der Waals surface area contributed by atoms with Crippen LogP contribution in [0.5, 0.6) is 0 Å². The summed E-state index contributed by atoms with van der Waals surface area (Å²) in [5, 5.41) is 11.1. The number of rotatable bonds is 8. The Morgan fingerprint density at radius 2 is 2.00 bits per heavy atom. The van der Waals surface area contributed by atoms with E-state index < -0.39 is 6.10 Å². The average Bonchev–Trinajstić information content (AvgIpc) is 2.98. The van der Waals surface area contributed by atoms with Crippen LogP contribution in [-0.2, 0) is 24.1 Å². The van der Waals surface area contributed by atoms with E-state index in [1.54, 1.807) is 11.3 Å². The number of aryl methyl sites for hydroxylation is 2. The molecule has 0 aromatic carbocycles. The first kappa shape index (κ1) is 20.5. The van der Waals surface area contributed by atoms with Crippen molar-refractivity contribution in [2.75, 3.05) is 13.2 Å². The van der Waals surface area contributed by atoms with Gasteiger partial charge in [-0.15, -0.1) is 11.3 Å². The lowest BCUT2D eigenvalue weighted by Gasteiger charge is -2.28. The average molecular weight is 394 g/mol. The van der Waals surface area contributed by atoms with E-state index in [0.717, 1.165) is 29.5 Å². The van der Waals surface area contributed by atoms with Crippen molar-refractivity contribution in [3.05, 3.63) is 26.6 Å². The maximum absolute atomic E-state index is 12.7. The van der Waals surface area contributed by atoms with Gasteiger partial charge in [-0.3, -0.25) is 9.69 Å². The van der Waals surface area contributed by atoms with Gasteiger partial charge >= 0.3 is 0 Å². The summed E-state index contributed by atoms with van der Waals surface area (Å²) in [6.07, 6.45) is 3.92. The molecule has 0 fully saturated rings. The standard InChI is InChI=1S/C20H31N3O3S/c1-12(2)23(9-14(24)11-26-13(3)4)10-17-21-19(25)18-15-7-5-6-8-16(15)27-20(18)22-17/h12-14,24H,5-11H2,1-4H3,(H,21,22,25)/t14-/m0/s1. The summed E-state index contributed by atoms with van der Waals surface area (Å²) in [5.41, 5.74) is 1.19. The molecule has 0 unspecified atom stereocenters. The zero-order chi connectivity index (χ0) is 19.6. The second-order valence-electron chi connectivity index (χ2n) is 7.96. The zero-order valence-corrected chi connectivity index (χ0v) is 17.6. The summed E-state index contributed by atoms with van der Waals surface area (Å²) in [6, 6.07) is 0.219. The Kier molecular flexibility index (Phi) is 6.68. The van der Waals surface area contributed by atoms with Gasteiger partial charge in [-0.2, -0.15) is 0 Å². The third-order valence-electron chi connectivity index (χ3n) is 5.02. The van der Waals surface area contributed by atoms with Crippen molar-refractivity contribution in [3.8, 4) is 0 Å². The molecule has 6 nitrogen and oxygen atoms in total. The summed E-state index contributed by atoms with van der Waals surface area (Å²) in [5.74, 6) is 0.664. The molecule has 0 aliphatic heterocycles. The lowest BCUT2D eigenvalue weighted by molar-refractivity contribution is -0.0140. The number of aliphatic hydroxyl groups excluding tert-OH is 1. The van der Waals surface area contributed by atoms with Crippen molar-refractivity contribution >= 4 is 21.6 Å². The number of aromatic amines is 1. The topological polar surface area (TPSA) is 78.5 Å². The minimum Gasteiger partial charge on any atom is -0.389 e. The van der Waals surface area contributed by atoms with Crippen LogP contribution in [-0.4, -0.2) is 51.4 Å². The van der Waals surface area contributed by atoms with Crippen LogP contribution in [0.3, 0.4) is 0 Å². The van der Waals surface area contributed by atoms with Gasteiger partial charge in [-0.1, -0.05) is 0 Å². The smallest absolute Gasteiger partial charge is 0.259 e. The summed E-state index contributed by atoms with van der Waals surface area (Å²) in [4.78, 5) is 24.7. The molecule has 0 saturated heterocycles. The predicted octanol–water partition coefficient (Wildman–Crippen LogP) is 2.86. The Balaban J connectivity index is 1.78. The number of nitrogens with one attached hydrogen (secondary N) is 1. The molecule has 0 spiro atoms. The highest BCUT2D eigenvalue weighted by molar-refractivity contribution is 7.18. The van der Waals surface area contributed by atoms with Gasteiger partial charge in [0, 0.05) is 17.5 Å². The van der Waals surface area contributed by atoms with Crippen LogP contribution in [0.15, 0.2) is 4.79 Å². The third kappa shape index (κ3) is 4.96. The van der Waals surface area contributed by atoms with Crippen LogP contribution in [0.2, 0.25) is 0 Å². The van der Waals surface area contributed by atoms with Gasteiger partial charge in [0.25, 0.3) is 5.56 Å². The number of nitrogens with zero attached hydrogens (tertiary/aromatic N) is 2. The lowest BCUT2D eigenvalue weighted by Crippen LogP contribution is -2.39. The van der Waals surface area contributed by atoms with Crippen LogP contribution >= 0.6 is 11.3 Å². The Morgan fingerprint density at radius 3 is 2.70 bits per heavy atom. The van der Waals surface area contributed by atoms with Crippen LogP contribution in [0.1, 0.15) is 56.8 Å². The highest BCUT2D eigenvalue weighted by Gasteiger charge is 2.21. The van der Waals surface area contributed by atoms with Crippen molar-refractivity contribution in [1.29, 1.82) is 0 Å². The van der Waals surface area contributed by atoms with Crippen LogP contribution < -0.4 is 5.56 Å². The predicted molar refractivity (Wildman–Crippen MR) is 110 cm³/mol. The number of aliphatic hydroxyl groups is 1. The van der Waals surface area contributed by atoms with E-state index in [4.69, 9.17) is 9.72 Å². The number of aromatic nitrogens is 2. The minimum absolute atomic E-state index is 0.0261. The molecule has 2 heterocycles. The molecule has 0 amide bonds. The van der Waals surface area contributed by atoms with Crippen molar-refractivity contribution in [2.24, 2.45) is 0 Å². The van der Waals surface area contributed by atoms with E-state index in [1.165, 1.54) is 16.9 Å². The van der Waals surface area contributed by atoms with Crippen molar-refractivity contribution in [2.45, 2.75) is 78.2 Å². The van der Waals surface area contributed by atoms with Gasteiger partial charge < -0.3 is 14.8 Å². The zero-order valence-electron chi connectivity index (χ0n) is 16.7. The van der Waals surface area contributed by atoms with E-state index in [0.29, 0.717) is 25.5 Å². The molecule has 2 aromatic heterocycles. The Labute approximate surface area is 164 Å². The number of H-pyrrole nitrogens is 1. The van der Waals surface area contributed by atoms with Gasteiger partial charge in [0.15, 0.2) is 0 Å². The van der Waals surface area contributed by atoms with Gasteiger partial charge in [0.2, 0.25) is 0 Å². The molecular weight excluding hydrogens is 362 g/mol. The van der Waals surface area contributed by atoms with Gasteiger partial charge in [0.05, 0.1) is 30.7 Å². The SMILES string of the molecule is CC(C)OC[C@@H](O)CN(Cc1nc2sc3c(c2c(=O)[nH]1)CCCC3)C(C)C. The second-order valence-corrected chi connectivity index (χ2v) is 9.05. The van der Waals surface area contributed by atoms with Crippen molar-refractivity contribution < 1.29 is 9.84 Å². The molecule has 0 radical (unpaired) electrons. The summed E-state index contributed by atoms with van der Waals surface area (Å²) < 4.78 is 5.51. The van der Waals surface area contributed by atoms with Gasteiger partial charge in [-0.25, -0.2) is 4.98 Å². The molecule has 150 valence electrons. The Hall–Kier alpha value is -1.28. The molecule has 1 atom stereocenters. The first-order valence-corrected chi connectivity index (χ1v) is 10.7. The molecule has 7 heteroatoms. The van der Waals surface area contributed by atoms with Gasteiger partial charge in [0.1, 0.15) is 10.7 Å². The molecule has 1 aliphatic carbocycles. The number of ether oxygens (including phenoxy) is 1. The van der Waals surface area contributed by atoms with Gasteiger partial charge in [-0.05, 0) is 58.9 Å². The molecule has 1 aliphatic rings. The molecule has 0 saturated carbocycles. The normalized spacial score (nSPS) is 15.9. The highest BCUT2D eigenvalue weighted by Crippen LogP contribution is 2.33. The third-order valence-corrected chi connectivity index (χ3v) is 6.21. The van der Waals surface area contributed by atoms with Crippen LogP contribution in [0, 0.1) is 0 Å². The van der Waals surface area contributed by atoms with Crippen molar-refractivity contribution in [1.82, 2.24) is 14.9 Å². The first-order valence-electron chi connectivity index (χ1n) is 9.92. The monoisotopic (exact) mass is 393 g/mol. The highest BCUT2D eigenvalue weighted by atomic mass is 32.1. The number of hydrogen-bond donors (Lipinski definition) is 2. The quantitative estimate of drug-likeness (QED) is 0.721. The number of fused-ring (bicyclic) bond motifs is 3. The maximum atomic E-state index is 12.7. The second kappa shape index (κ2) is 8.82. The molecule has 27 heavy (non-hydrogen) atoms. The lowest BCUT2D eigenvalue weighted by atomic mass is 9.97. The fraction of sp³-hybridized carbons (Fsp3) is 0.700. The Bertz CT molecular complexity index is 828. The minimum atomic E-state index is -0.570. The molecule has 2 aromatic rings. The van der Waals surface area contributed by atoms with E-state index in [2.05, 4.69) is 23.7 Å². The number of hydrogen-bond acceptors (Lipinski definition) is 6. The van der Waals surface area contributed by atoms with Crippen LogP contribution in [0.25, 0.3) is 10.2 Å². The number of thiophene rings is 1. The van der Waals surface area contributed by atoms with E-state index in [1.807, 2.05) is 13.8 Å². The summed E-state index contributed by atoms with van der Waals surface area (Å²) in [6.45, 7) is 9.36. The van der Waals surface area contributed by atoms with E-state index in [-0.39, 0.29) is 17.7 Å². The molecule has 3 rings (SSSR count). The fourth-order valence-electron chi connectivity index (χ4n) is 3.56. The van der Waals surface area contributed by atoms with E-state index >= 15 is 0 Å². The fourth-order valence-corrected chi connectivity index (χ4v) is 4.84. The van der Waals surface area contributed by atoms with Crippen molar-refractivity contribution in [3.63, 3.8) is 0 Å². The van der Waals surface area contributed by atoms with E-state index in [9.17, 15) is 9.90 Å². The van der Waals surface area contributed by atoms with Crippen LogP contribution in [0.4, 0.5) is 0 Å². The summed E-state index contributed by atoms with van der Waals surface area (Å²) in [7, 11) is 0. The summed E-state index contributed by atoms with van der Waals surface area (Å²) >= 11 is 1.67. The molecular formula is C20H31N3O3S.